The van der Waals surface area contributed by atoms with Crippen molar-refractivity contribution >= 4 is 76.9 Å². The summed E-state index contributed by atoms with van der Waals surface area (Å²) < 4.78 is 0. The molecule has 76 heavy (non-hydrogen) atoms. The van der Waals surface area contributed by atoms with Gasteiger partial charge < -0.3 is 86.7 Å². The molecule has 1 aliphatic rings. The highest BCUT2D eigenvalue weighted by molar-refractivity contribution is 5.99. The van der Waals surface area contributed by atoms with Crippen molar-refractivity contribution in [3.63, 3.8) is 0 Å². The molecular weight excluding hydrogens is 999 g/mol. The van der Waals surface area contributed by atoms with Gasteiger partial charge in [-0.3, -0.25) is 62.5 Å². The molecule has 0 aliphatic carbocycles. The molecule has 1 heterocycles. The summed E-state index contributed by atoms with van der Waals surface area (Å²) in [5.41, 5.74) is 33.3. The number of primary amides is 3. The van der Waals surface area contributed by atoms with Gasteiger partial charge in [0.15, 0.2) is 5.96 Å². The van der Waals surface area contributed by atoms with Crippen LogP contribution in [0.2, 0.25) is 0 Å². The molecule has 414 valence electrons. The summed E-state index contributed by atoms with van der Waals surface area (Å²) in [6, 6.07) is 3.35. The number of guanidine groups is 1. The number of benzene rings is 2. The summed E-state index contributed by atoms with van der Waals surface area (Å²) >= 11 is 0. The summed E-state index contributed by atoms with van der Waals surface area (Å²) in [5.74, 6) is -12.2. The number of amides is 11. The summed E-state index contributed by atoms with van der Waals surface area (Å²) in [4.78, 5) is 162. The number of likely N-dealkylation sites (tertiary alicyclic amines) is 1. The maximum atomic E-state index is 14.2. The van der Waals surface area contributed by atoms with Crippen molar-refractivity contribution in [3.8, 4) is 5.75 Å². The first-order valence-electron chi connectivity index (χ1n) is 24.0. The van der Waals surface area contributed by atoms with Crippen LogP contribution < -0.4 is 71.6 Å². The molecule has 0 saturated carbocycles. The third-order valence-electron chi connectivity index (χ3n) is 11.6. The Morgan fingerprint density at radius 1 is 0.605 bits per heavy atom. The van der Waals surface area contributed by atoms with Crippen LogP contribution in [0.15, 0.2) is 59.6 Å². The first kappa shape index (κ1) is 61.4. The average molecular weight is 1070 g/mol. The molecule has 0 bridgehead atoms. The molecule has 2 aromatic rings. The first-order valence-corrected chi connectivity index (χ1v) is 24.0. The number of phenolic OH excluding ortho intramolecular Hbond substituents is 1. The van der Waals surface area contributed by atoms with Gasteiger partial charge in [-0.1, -0.05) is 42.5 Å². The van der Waals surface area contributed by atoms with E-state index in [9.17, 15) is 67.7 Å². The number of carboxylic acids is 1. The molecule has 21 N–H and O–H groups in total. The SMILES string of the molecule is NCC(=O)N[C@@H](Cc1ccc(O)cc1)C(=O)N[C@@H](Cc1ccccc1)C(=O)N[C@@H](CCC(N)=O)C(=O)N[C@@H](CC(N)=O)C(=O)N[C@@H](CCC(=O)O)C(=O)N1CCC[C@H]1C(=O)N[C@@H](CCCN=C(N)N)C(=O)NCC(N)=O. The lowest BCUT2D eigenvalue weighted by atomic mass is 10.0. The zero-order chi connectivity index (χ0) is 56.5. The van der Waals surface area contributed by atoms with E-state index in [1.165, 1.54) is 24.3 Å². The van der Waals surface area contributed by atoms with E-state index in [0.29, 0.717) is 11.1 Å². The van der Waals surface area contributed by atoms with Crippen LogP contribution in [0.3, 0.4) is 0 Å². The molecule has 0 aromatic heterocycles. The number of aliphatic imine (C=N–C) groups is 1. The standard InChI is InChI=1S/C47H67N15O14/c48-23-38(67)56-31(21-26-10-12-27(63)13-11-26)42(72)60-32(20-25-6-2-1-3-7-25)43(73)57-29(14-16-35(49)64)41(71)61-33(22-36(50)65)44(74)59-30(15-17-39(68)69)46(76)62-19-5-9-34(62)45(75)58-28(8-4-18-54-47(52)53)40(70)55-24-37(51)66/h1-3,6-7,10-13,28-34,63H,4-5,8-9,14-24,48H2,(H2,49,64)(H2,50,65)(H2,51,66)(H,55,70)(H,56,67)(H,57,73)(H,58,75)(H,59,74)(H,60,72)(H,61,71)(H,68,69)(H4,52,53,54)/t28-,29-,30-,31-,32-,33-,34-/m0/s1. The number of hydrogen-bond donors (Lipinski definition) is 15. The third kappa shape index (κ3) is 21.7. The molecule has 1 fully saturated rings. The van der Waals surface area contributed by atoms with E-state index in [1.807, 2.05) is 0 Å². The predicted octanol–water partition coefficient (Wildman–Crippen LogP) is -6.30. The number of carbonyl (C=O) groups is 12. The van der Waals surface area contributed by atoms with Crippen LogP contribution in [0.5, 0.6) is 5.75 Å². The summed E-state index contributed by atoms with van der Waals surface area (Å²) in [6.07, 6.45) is -3.07. The number of carbonyl (C=O) groups excluding carboxylic acids is 11. The van der Waals surface area contributed by atoms with E-state index < -0.39 is 158 Å². The van der Waals surface area contributed by atoms with Gasteiger partial charge >= 0.3 is 5.97 Å². The van der Waals surface area contributed by atoms with Gasteiger partial charge in [-0.2, -0.15) is 0 Å². The molecule has 11 amide bonds. The number of aromatic hydroxyl groups is 1. The minimum Gasteiger partial charge on any atom is -0.508 e. The van der Waals surface area contributed by atoms with Crippen LogP contribution in [-0.4, -0.2) is 160 Å². The van der Waals surface area contributed by atoms with Gasteiger partial charge in [0.1, 0.15) is 48.0 Å². The Morgan fingerprint density at radius 2 is 1.14 bits per heavy atom. The van der Waals surface area contributed by atoms with Crippen LogP contribution in [0.25, 0.3) is 0 Å². The summed E-state index contributed by atoms with van der Waals surface area (Å²) in [6.45, 7) is -1.06. The smallest absolute Gasteiger partial charge is 0.303 e. The topological polar surface area (TPSA) is 501 Å². The zero-order valence-electron chi connectivity index (χ0n) is 41.5. The van der Waals surface area contributed by atoms with Gasteiger partial charge in [-0.25, -0.2) is 0 Å². The molecule has 1 aliphatic heterocycles. The third-order valence-corrected chi connectivity index (χ3v) is 11.6. The number of nitrogens with one attached hydrogen (secondary N) is 7. The fraction of sp³-hybridized carbons (Fsp3) is 0.468. The van der Waals surface area contributed by atoms with E-state index in [2.05, 4.69) is 42.2 Å². The molecule has 29 heteroatoms. The lowest BCUT2D eigenvalue weighted by Crippen LogP contribution is -2.60. The molecule has 0 spiro atoms. The predicted molar refractivity (Wildman–Crippen MR) is 269 cm³/mol. The largest absolute Gasteiger partial charge is 0.508 e. The number of nitrogens with two attached hydrogens (primary N) is 6. The molecule has 1 saturated heterocycles. The van der Waals surface area contributed by atoms with Gasteiger partial charge in [0, 0.05) is 38.8 Å². The van der Waals surface area contributed by atoms with Gasteiger partial charge in [-0.15, -0.1) is 0 Å². The van der Waals surface area contributed by atoms with Crippen molar-refractivity contribution in [1.29, 1.82) is 0 Å². The Bertz CT molecular complexity index is 2440. The second kappa shape index (κ2) is 31.0. The fourth-order valence-corrected chi connectivity index (χ4v) is 7.81. The number of rotatable bonds is 32. The van der Waals surface area contributed by atoms with Crippen LogP contribution in [0.4, 0.5) is 0 Å². The van der Waals surface area contributed by atoms with Gasteiger partial charge in [0.25, 0.3) is 0 Å². The molecule has 0 unspecified atom stereocenters. The molecule has 0 radical (unpaired) electrons. The Hall–Kier alpha value is -8.89. The van der Waals surface area contributed by atoms with Crippen LogP contribution >= 0.6 is 0 Å². The minimum atomic E-state index is -1.92. The Labute approximate surface area is 435 Å². The van der Waals surface area contributed by atoms with Gasteiger partial charge in [0.2, 0.25) is 65.0 Å². The van der Waals surface area contributed by atoms with Crippen molar-refractivity contribution in [1.82, 2.24) is 42.1 Å². The van der Waals surface area contributed by atoms with Crippen LogP contribution in [-0.2, 0) is 70.4 Å². The molecular formula is C47H67N15O14. The Morgan fingerprint density at radius 3 is 1.72 bits per heavy atom. The summed E-state index contributed by atoms with van der Waals surface area (Å²) in [5, 5.41) is 36.4. The second-order valence-electron chi connectivity index (χ2n) is 17.6. The summed E-state index contributed by atoms with van der Waals surface area (Å²) in [7, 11) is 0. The Balaban J connectivity index is 1.91. The van der Waals surface area contributed by atoms with Crippen LogP contribution in [0, 0.1) is 0 Å². The van der Waals surface area contributed by atoms with Gasteiger partial charge in [0.05, 0.1) is 19.5 Å². The molecule has 2 aromatic carbocycles. The lowest BCUT2D eigenvalue weighted by molar-refractivity contribution is -0.143. The van der Waals surface area contributed by atoms with E-state index in [1.54, 1.807) is 30.3 Å². The van der Waals surface area contributed by atoms with E-state index in [-0.39, 0.29) is 63.3 Å². The molecule has 3 rings (SSSR count). The van der Waals surface area contributed by atoms with E-state index in [4.69, 9.17) is 34.4 Å². The van der Waals surface area contributed by atoms with Gasteiger partial charge in [-0.05, 0) is 61.8 Å². The van der Waals surface area contributed by atoms with Crippen molar-refractivity contribution < 1.29 is 67.7 Å². The van der Waals surface area contributed by atoms with Crippen molar-refractivity contribution in [2.24, 2.45) is 39.4 Å². The normalized spacial score (nSPS) is 15.1. The molecule has 29 nitrogen and oxygen atoms in total. The van der Waals surface area contributed by atoms with Crippen LogP contribution in [0.1, 0.15) is 68.9 Å². The number of hydrogen-bond acceptors (Lipinski definition) is 15. The number of nitrogens with zero attached hydrogens (tertiary/aromatic N) is 2. The quantitative estimate of drug-likeness (QED) is 0.0184. The monoisotopic (exact) mass is 1070 g/mol. The maximum absolute atomic E-state index is 14.2. The highest BCUT2D eigenvalue weighted by Crippen LogP contribution is 2.21. The van der Waals surface area contributed by atoms with E-state index >= 15 is 0 Å². The first-order chi connectivity index (χ1) is 36.0. The van der Waals surface area contributed by atoms with E-state index in [0.717, 1.165) is 4.90 Å². The number of carboxylic acid groups (broad SMARTS) is 1. The van der Waals surface area contributed by atoms with Crippen molar-refractivity contribution in [2.75, 3.05) is 26.2 Å². The molecule has 7 atom stereocenters. The second-order valence-corrected chi connectivity index (χ2v) is 17.6. The highest BCUT2D eigenvalue weighted by atomic mass is 16.4. The van der Waals surface area contributed by atoms with Crippen molar-refractivity contribution in [2.45, 2.75) is 113 Å². The average Bonchev–Trinajstić information content (AvgIpc) is 3.86. The number of phenols is 1. The lowest BCUT2D eigenvalue weighted by Gasteiger charge is -2.30. The van der Waals surface area contributed by atoms with Crippen molar-refractivity contribution in [3.05, 3.63) is 65.7 Å². The zero-order valence-corrected chi connectivity index (χ0v) is 41.5. The minimum absolute atomic E-state index is 0.0318. The Kier molecular flexibility index (Phi) is 25.0. The fourth-order valence-electron chi connectivity index (χ4n) is 7.81. The number of aliphatic carboxylic acids is 1. The maximum Gasteiger partial charge on any atom is 0.303 e. The highest BCUT2D eigenvalue weighted by Gasteiger charge is 2.40.